The number of unbranched alkanes of at least 4 members (excludes halogenated alkanes) is 53. The molecule has 1 amide bonds. The molecule has 2 aliphatic heterocycles. The van der Waals surface area contributed by atoms with Crippen LogP contribution in [0.25, 0.3) is 0 Å². The lowest BCUT2D eigenvalue weighted by molar-refractivity contribution is -0.359. The third-order valence-corrected chi connectivity index (χ3v) is 19.9. The summed E-state index contributed by atoms with van der Waals surface area (Å²) < 4.78 is 22.9. The Balaban J connectivity index is 1.63. The van der Waals surface area contributed by atoms with Crippen LogP contribution in [-0.2, 0) is 23.7 Å². The zero-order valence-corrected chi connectivity index (χ0v) is 60.3. The second-order valence-electron chi connectivity index (χ2n) is 28.5. The molecule has 9 N–H and O–H groups in total. The van der Waals surface area contributed by atoms with Crippen LogP contribution in [0.15, 0.2) is 24.3 Å². The third-order valence-electron chi connectivity index (χ3n) is 19.9. The Kier molecular flexibility index (Phi) is 60.1. The average molecular weight is 1320 g/mol. The van der Waals surface area contributed by atoms with Crippen molar-refractivity contribution in [3.8, 4) is 0 Å². The predicted molar refractivity (Wildman–Crippen MR) is 383 cm³/mol. The minimum absolute atomic E-state index is 0.240. The molecule has 0 aromatic heterocycles. The number of amides is 1. The molecular weight excluding hydrogens is 1170 g/mol. The number of rotatable bonds is 68. The largest absolute Gasteiger partial charge is 0.394 e. The van der Waals surface area contributed by atoms with Crippen molar-refractivity contribution in [1.82, 2.24) is 5.32 Å². The summed E-state index contributed by atoms with van der Waals surface area (Å²) in [6, 6.07) is -0.930. The number of ether oxygens (including phenoxy) is 4. The molecule has 2 rings (SSSR count). The Morgan fingerprint density at radius 2 is 0.688 bits per heavy atom. The molecule has 0 aromatic rings. The molecule has 12 unspecified atom stereocenters. The quantitative estimate of drug-likeness (QED) is 0.0204. The molecule has 2 fully saturated rings. The number of allylic oxidation sites excluding steroid dienone is 3. The summed E-state index contributed by atoms with van der Waals surface area (Å²) in [5.41, 5.74) is 0. The minimum Gasteiger partial charge on any atom is -0.394 e. The van der Waals surface area contributed by atoms with Gasteiger partial charge in [0.15, 0.2) is 12.6 Å². The van der Waals surface area contributed by atoms with Crippen molar-refractivity contribution in [3.63, 3.8) is 0 Å². The summed E-state index contributed by atoms with van der Waals surface area (Å²) in [7, 11) is 0. The summed E-state index contributed by atoms with van der Waals surface area (Å²) in [5.74, 6) is -0.240. The normalized spacial score (nSPS) is 22.6. The molecule has 2 saturated heterocycles. The Hall–Kier alpha value is -1.53. The second kappa shape index (κ2) is 63.9. The van der Waals surface area contributed by atoms with Crippen molar-refractivity contribution >= 4 is 5.91 Å². The van der Waals surface area contributed by atoms with Crippen LogP contribution in [0.4, 0.5) is 0 Å². The molecule has 0 spiro atoms. The fourth-order valence-corrected chi connectivity index (χ4v) is 13.6. The molecule has 93 heavy (non-hydrogen) atoms. The molecular formula is C79H151NO13. The van der Waals surface area contributed by atoms with Gasteiger partial charge in [-0.15, -0.1) is 0 Å². The molecule has 0 aromatic carbocycles. The topological polar surface area (TPSA) is 228 Å². The fraction of sp³-hybridized carbons (Fsp3) is 0.937. The minimum atomic E-state index is -1.79. The number of carbonyl (C=O) groups is 1. The van der Waals surface area contributed by atoms with Crippen LogP contribution in [0.2, 0.25) is 0 Å². The van der Waals surface area contributed by atoms with E-state index in [0.717, 1.165) is 32.1 Å². The van der Waals surface area contributed by atoms with E-state index >= 15 is 0 Å². The van der Waals surface area contributed by atoms with Crippen LogP contribution >= 0.6 is 0 Å². The van der Waals surface area contributed by atoms with Crippen LogP contribution in [0, 0.1) is 0 Å². The van der Waals surface area contributed by atoms with E-state index in [9.17, 15) is 45.6 Å². The van der Waals surface area contributed by atoms with Gasteiger partial charge < -0.3 is 65.1 Å². The van der Waals surface area contributed by atoms with Crippen LogP contribution in [0.3, 0.4) is 0 Å². The lowest BCUT2D eigenvalue weighted by Gasteiger charge is -2.46. The first kappa shape index (κ1) is 87.6. The first-order valence-corrected chi connectivity index (χ1v) is 40.1. The Morgan fingerprint density at radius 3 is 1.05 bits per heavy atom. The lowest BCUT2D eigenvalue weighted by Crippen LogP contribution is -2.65. The van der Waals surface area contributed by atoms with Crippen molar-refractivity contribution in [3.05, 3.63) is 24.3 Å². The van der Waals surface area contributed by atoms with E-state index in [4.69, 9.17) is 18.9 Å². The smallest absolute Gasteiger partial charge is 0.220 e. The molecule has 2 heterocycles. The standard InChI is InChI=1S/C79H151NO13/c1-3-5-7-9-11-13-15-17-19-21-23-25-27-29-31-32-33-34-35-36-37-38-40-42-44-46-48-50-52-54-56-58-60-62-68(83)67(66-90-78-76(89)74(87)77(70(65-82)92-78)93-79-75(88)73(86)72(85)69(64-81)91-79)80-71(84)63-61-59-57-55-53-51-49-47-45-43-41-39-30-28-26-24-22-20-18-16-14-12-10-8-6-4-2/h52,54,60,62,67-70,72-79,81-83,85-89H,3-51,53,55-59,61,63-66H2,1-2H3,(H,80,84)/b54-52+,62-60+. The average Bonchev–Trinajstić information content (AvgIpc) is 0.854. The van der Waals surface area contributed by atoms with Gasteiger partial charge in [0.2, 0.25) is 5.91 Å². The monoisotopic (exact) mass is 1320 g/mol. The molecule has 550 valence electrons. The zero-order valence-electron chi connectivity index (χ0n) is 60.3. The third kappa shape index (κ3) is 47.2. The van der Waals surface area contributed by atoms with E-state index < -0.39 is 86.8 Å². The molecule has 0 bridgehead atoms. The summed E-state index contributed by atoms with van der Waals surface area (Å²) in [6.07, 6.45) is 65.6. The van der Waals surface area contributed by atoms with Gasteiger partial charge in [-0.25, -0.2) is 0 Å². The number of hydrogen-bond donors (Lipinski definition) is 9. The number of aliphatic hydroxyl groups is 8. The summed E-state index contributed by atoms with van der Waals surface area (Å²) >= 11 is 0. The van der Waals surface area contributed by atoms with Gasteiger partial charge in [-0.1, -0.05) is 366 Å². The van der Waals surface area contributed by atoms with E-state index in [2.05, 4.69) is 31.3 Å². The van der Waals surface area contributed by atoms with Crippen molar-refractivity contribution in [1.29, 1.82) is 0 Å². The van der Waals surface area contributed by atoms with Crippen molar-refractivity contribution in [2.24, 2.45) is 0 Å². The SMILES string of the molecule is CCCCCCCCCCCCCCCCCCCCCCCCCCCCC/C=C/CC/C=C/C(O)C(COC1OC(CO)C(OC2OC(CO)C(O)C(O)C2O)C(O)C1O)NC(=O)CCCCCCCCCCCCCCCCCCCCCCCCCCCC. The van der Waals surface area contributed by atoms with Gasteiger partial charge in [0.25, 0.3) is 0 Å². The maximum absolute atomic E-state index is 13.4. The van der Waals surface area contributed by atoms with Crippen LogP contribution < -0.4 is 5.32 Å². The first-order valence-electron chi connectivity index (χ1n) is 40.1. The molecule has 0 saturated carbocycles. The van der Waals surface area contributed by atoms with E-state index in [1.807, 2.05) is 6.08 Å². The Bertz CT molecular complexity index is 1650. The van der Waals surface area contributed by atoms with Gasteiger partial charge in [0.1, 0.15) is 48.8 Å². The van der Waals surface area contributed by atoms with E-state index in [1.165, 1.54) is 315 Å². The van der Waals surface area contributed by atoms with Crippen LogP contribution in [-0.4, -0.2) is 140 Å². The van der Waals surface area contributed by atoms with Gasteiger partial charge >= 0.3 is 0 Å². The number of nitrogens with one attached hydrogen (secondary N) is 1. The number of hydrogen-bond acceptors (Lipinski definition) is 13. The van der Waals surface area contributed by atoms with E-state index in [0.29, 0.717) is 12.8 Å². The molecule has 14 nitrogen and oxygen atoms in total. The van der Waals surface area contributed by atoms with Crippen LogP contribution in [0.1, 0.15) is 380 Å². The van der Waals surface area contributed by atoms with Crippen LogP contribution in [0.5, 0.6) is 0 Å². The zero-order chi connectivity index (χ0) is 67.3. The van der Waals surface area contributed by atoms with Gasteiger partial charge in [0, 0.05) is 6.42 Å². The Labute approximate surface area is 570 Å². The van der Waals surface area contributed by atoms with Crippen molar-refractivity contribution in [2.75, 3.05) is 19.8 Å². The van der Waals surface area contributed by atoms with Crippen molar-refractivity contribution < 1.29 is 64.6 Å². The molecule has 0 radical (unpaired) electrons. The van der Waals surface area contributed by atoms with Gasteiger partial charge in [0.05, 0.1) is 32.0 Å². The number of carbonyl (C=O) groups excluding carboxylic acids is 1. The number of aliphatic hydroxyl groups excluding tert-OH is 8. The molecule has 2 aliphatic rings. The highest BCUT2D eigenvalue weighted by Crippen LogP contribution is 2.30. The lowest BCUT2D eigenvalue weighted by atomic mass is 9.97. The highest BCUT2D eigenvalue weighted by atomic mass is 16.7. The highest BCUT2D eigenvalue weighted by Gasteiger charge is 2.51. The summed E-state index contributed by atoms with van der Waals surface area (Å²) in [6.45, 7) is 2.86. The van der Waals surface area contributed by atoms with Gasteiger partial charge in [-0.2, -0.15) is 0 Å². The Morgan fingerprint density at radius 1 is 0.376 bits per heavy atom. The predicted octanol–water partition coefficient (Wildman–Crippen LogP) is 17.9. The first-order chi connectivity index (χ1) is 45.6. The molecule has 14 heteroatoms. The summed E-state index contributed by atoms with van der Waals surface area (Å²) in [5, 5.41) is 87.6. The molecule has 0 aliphatic carbocycles. The second-order valence-corrected chi connectivity index (χ2v) is 28.5. The van der Waals surface area contributed by atoms with Crippen molar-refractivity contribution in [2.45, 2.75) is 453 Å². The van der Waals surface area contributed by atoms with Gasteiger partial charge in [-0.3, -0.25) is 4.79 Å². The van der Waals surface area contributed by atoms with E-state index in [-0.39, 0.29) is 18.9 Å². The fourth-order valence-electron chi connectivity index (χ4n) is 13.6. The molecule has 12 atom stereocenters. The van der Waals surface area contributed by atoms with E-state index in [1.54, 1.807) is 6.08 Å². The maximum Gasteiger partial charge on any atom is 0.220 e. The van der Waals surface area contributed by atoms with Gasteiger partial charge in [-0.05, 0) is 32.1 Å². The highest BCUT2D eigenvalue weighted by molar-refractivity contribution is 5.76. The maximum atomic E-state index is 13.4. The summed E-state index contributed by atoms with van der Waals surface area (Å²) in [4.78, 5) is 13.4.